The number of non-ortho nitro benzene ring substituents is 1. The largest absolute Gasteiger partial charge is 0.322 e. The second-order valence-electron chi connectivity index (χ2n) is 7.64. The molecule has 4 aromatic rings. The van der Waals surface area contributed by atoms with E-state index in [1.165, 1.54) is 23.9 Å². The van der Waals surface area contributed by atoms with Gasteiger partial charge < -0.3 is 5.32 Å². The molecule has 0 saturated heterocycles. The number of anilines is 1. The molecule has 2 heterocycles. The molecule has 4 rings (SSSR count). The minimum atomic E-state index is -0.453. The van der Waals surface area contributed by atoms with Crippen LogP contribution in [-0.4, -0.2) is 41.1 Å². The average molecular weight is 490 g/mol. The van der Waals surface area contributed by atoms with Crippen LogP contribution >= 0.6 is 11.8 Å². The molecule has 0 aliphatic rings. The Bertz CT molecular complexity index is 1380. The third-order valence-corrected chi connectivity index (χ3v) is 6.22. The smallest absolute Gasteiger partial charge is 0.269 e. The Labute approximate surface area is 205 Å². The predicted octanol–water partition coefficient (Wildman–Crippen LogP) is 4.57. The van der Waals surface area contributed by atoms with Crippen molar-refractivity contribution < 1.29 is 9.72 Å². The monoisotopic (exact) mass is 489 g/mol. The Morgan fingerprint density at radius 3 is 2.51 bits per heavy atom. The summed E-state index contributed by atoms with van der Waals surface area (Å²) in [5.74, 6) is 0.461. The van der Waals surface area contributed by atoms with Gasteiger partial charge in [-0.05, 0) is 38.1 Å². The van der Waals surface area contributed by atoms with Crippen LogP contribution in [0.1, 0.15) is 11.4 Å². The molecule has 2 aromatic heterocycles. The van der Waals surface area contributed by atoms with Gasteiger partial charge in [-0.1, -0.05) is 36.0 Å². The SMILES string of the molecule is C=CCn1c(SCC(=O)Nc2c(C)nn(-c3ccccc3)c2C)nnc1-c1ccc([N+](=O)[O-])cc1. The number of benzene rings is 2. The molecule has 0 bridgehead atoms. The van der Waals surface area contributed by atoms with Gasteiger partial charge in [0, 0.05) is 24.2 Å². The van der Waals surface area contributed by atoms with Gasteiger partial charge in [0.15, 0.2) is 11.0 Å². The van der Waals surface area contributed by atoms with E-state index in [0.29, 0.717) is 28.8 Å². The summed E-state index contributed by atoms with van der Waals surface area (Å²) in [6, 6.07) is 15.8. The molecule has 0 aliphatic carbocycles. The van der Waals surface area contributed by atoms with E-state index in [-0.39, 0.29) is 17.3 Å². The van der Waals surface area contributed by atoms with Crippen LogP contribution in [0.4, 0.5) is 11.4 Å². The molecule has 178 valence electrons. The summed E-state index contributed by atoms with van der Waals surface area (Å²) in [5.41, 5.74) is 3.83. The second-order valence-corrected chi connectivity index (χ2v) is 8.58. The Morgan fingerprint density at radius 2 is 1.86 bits per heavy atom. The van der Waals surface area contributed by atoms with Crippen LogP contribution in [0.3, 0.4) is 0 Å². The van der Waals surface area contributed by atoms with Crippen molar-refractivity contribution in [2.45, 2.75) is 25.5 Å². The minimum absolute atomic E-state index is 0.00372. The summed E-state index contributed by atoms with van der Waals surface area (Å²) in [4.78, 5) is 23.3. The van der Waals surface area contributed by atoms with Crippen molar-refractivity contribution in [3.05, 3.63) is 88.8 Å². The number of nitrogens with one attached hydrogen (secondary N) is 1. The van der Waals surface area contributed by atoms with E-state index < -0.39 is 4.92 Å². The normalized spacial score (nSPS) is 10.8. The molecule has 1 amide bonds. The molecule has 0 radical (unpaired) electrons. The Morgan fingerprint density at radius 1 is 1.14 bits per heavy atom. The number of allylic oxidation sites excluding steroid dienone is 1. The van der Waals surface area contributed by atoms with E-state index in [2.05, 4.69) is 27.2 Å². The van der Waals surface area contributed by atoms with Crippen LogP contribution in [0, 0.1) is 24.0 Å². The molecule has 0 atom stereocenters. The number of para-hydroxylation sites is 1. The van der Waals surface area contributed by atoms with Gasteiger partial charge in [-0.3, -0.25) is 19.5 Å². The highest BCUT2D eigenvalue weighted by molar-refractivity contribution is 7.99. The molecule has 2 aromatic carbocycles. The van der Waals surface area contributed by atoms with Gasteiger partial charge in [-0.15, -0.1) is 16.8 Å². The molecule has 0 saturated carbocycles. The van der Waals surface area contributed by atoms with E-state index in [4.69, 9.17) is 0 Å². The number of carbonyl (C=O) groups excluding carboxylic acids is 1. The maximum Gasteiger partial charge on any atom is 0.269 e. The third kappa shape index (κ3) is 5.14. The van der Waals surface area contributed by atoms with Crippen LogP contribution < -0.4 is 5.32 Å². The topological polar surface area (TPSA) is 121 Å². The number of hydrogen-bond donors (Lipinski definition) is 1. The third-order valence-electron chi connectivity index (χ3n) is 5.25. The lowest BCUT2D eigenvalue weighted by Crippen LogP contribution is -2.16. The number of aryl methyl sites for hydroxylation is 1. The molecule has 0 fully saturated rings. The van der Waals surface area contributed by atoms with Gasteiger partial charge in [-0.25, -0.2) is 4.68 Å². The number of nitrogens with zero attached hydrogens (tertiary/aromatic N) is 6. The van der Waals surface area contributed by atoms with Crippen LogP contribution in [0.25, 0.3) is 17.1 Å². The van der Waals surface area contributed by atoms with Crippen LogP contribution in [-0.2, 0) is 11.3 Å². The molecule has 1 N–H and O–H groups in total. The number of nitro benzene ring substituents is 1. The van der Waals surface area contributed by atoms with Gasteiger partial charge in [0.2, 0.25) is 5.91 Å². The molecular weight excluding hydrogens is 466 g/mol. The highest BCUT2D eigenvalue weighted by Crippen LogP contribution is 2.27. The van der Waals surface area contributed by atoms with E-state index >= 15 is 0 Å². The summed E-state index contributed by atoms with van der Waals surface area (Å²) < 4.78 is 3.62. The first kappa shape index (κ1) is 23.9. The molecule has 11 heteroatoms. The number of thioether (sulfide) groups is 1. The van der Waals surface area contributed by atoms with Gasteiger partial charge in [-0.2, -0.15) is 5.10 Å². The van der Waals surface area contributed by atoms with Crippen molar-refractivity contribution in [1.29, 1.82) is 0 Å². The Kier molecular flexibility index (Phi) is 7.06. The summed E-state index contributed by atoms with van der Waals surface area (Å²) in [6.45, 7) is 7.97. The number of hydrogen-bond acceptors (Lipinski definition) is 7. The fourth-order valence-corrected chi connectivity index (χ4v) is 4.33. The zero-order valence-corrected chi connectivity index (χ0v) is 20.0. The quantitative estimate of drug-likeness (QED) is 0.158. The number of amides is 1. The standard InChI is InChI=1S/C24H23N7O3S/c1-4-14-29-23(18-10-12-20(13-11-18)31(33)34)26-27-24(29)35-15-21(32)25-22-16(2)28-30(17(22)3)19-8-6-5-7-9-19/h4-13H,1,14-15H2,2-3H3,(H,25,32). The highest BCUT2D eigenvalue weighted by Gasteiger charge is 2.18. The lowest BCUT2D eigenvalue weighted by atomic mass is 10.2. The van der Waals surface area contributed by atoms with E-state index in [1.807, 2.05) is 48.7 Å². The number of carbonyl (C=O) groups is 1. The Balaban J connectivity index is 1.48. The van der Waals surface area contributed by atoms with E-state index in [0.717, 1.165) is 17.1 Å². The van der Waals surface area contributed by atoms with Gasteiger partial charge in [0.1, 0.15) is 0 Å². The van der Waals surface area contributed by atoms with Gasteiger partial charge in [0.25, 0.3) is 5.69 Å². The van der Waals surface area contributed by atoms with Crippen molar-refractivity contribution in [2.75, 3.05) is 11.1 Å². The maximum atomic E-state index is 12.8. The van der Waals surface area contributed by atoms with Crippen LogP contribution in [0.15, 0.2) is 72.4 Å². The number of rotatable bonds is 9. The fraction of sp³-hybridized carbons (Fsp3) is 0.167. The zero-order chi connectivity index (χ0) is 24.9. The first-order valence-electron chi connectivity index (χ1n) is 10.7. The van der Waals surface area contributed by atoms with Crippen molar-refractivity contribution in [1.82, 2.24) is 24.5 Å². The lowest BCUT2D eigenvalue weighted by molar-refractivity contribution is -0.384. The molecule has 35 heavy (non-hydrogen) atoms. The first-order chi connectivity index (χ1) is 16.9. The molecular formula is C24H23N7O3S. The highest BCUT2D eigenvalue weighted by atomic mass is 32.2. The fourth-order valence-electron chi connectivity index (χ4n) is 3.58. The minimum Gasteiger partial charge on any atom is -0.322 e. The van der Waals surface area contributed by atoms with E-state index in [9.17, 15) is 14.9 Å². The second kappa shape index (κ2) is 10.3. The van der Waals surface area contributed by atoms with Crippen molar-refractivity contribution >= 4 is 29.0 Å². The van der Waals surface area contributed by atoms with Crippen molar-refractivity contribution in [3.8, 4) is 17.1 Å². The summed E-state index contributed by atoms with van der Waals surface area (Å²) >= 11 is 1.25. The average Bonchev–Trinajstić information content (AvgIpc) is 3.39. The van der Waals surface area contributed by atoms with Gasteiger partial charge in [0.05, 0.1) is 33.4 Å². The summed E-state index contributed by atoms with van der Waals surface area (Å²) in [6.07, 6.45) is 1.70. The summed E-state index contributed by atoms with van der Waals surface area (Å²) in [5, 5.41) is 27.5. The van der Waals surface area contributed by atoms with Crippen LogP contribution in [0.5, 0.6) is 0 Å². The first-order valence-corrected chi connectivity index (χ1v) is 11.7. The van der Waals surface area contributed by atoms with Crippen molar-refractivity contribution in [2.24, 2.45) is 0 Å². The molecule has 0 unspecified atom stereocenters. The molecule has 0 aliphatic heterocycles. The number of aromatic nitrogens is 5. The lowest BCUT2D eigenvalue weighted by Gasteiger charge is -2.09. The van der Waals surface area contributed by atoms with Gasteiger partial charge >= 0.3 is 0 Å². The van der Waals surface area contributed by atoms with Crippen LogP contribution in [0.2, 0.25) is 0 Å². The zero-order valence-electron chi connectivity index (χ0n) is 19.2. The number of nitro groups is 1. The summed E-state index contributed by atoms with van der Waals surface area (Å²) in [7, 11) is 0. The van der Waals surface area contributed by atoms with Crippen molar-refractivity contribution in [3.63, 3.8) is 0 Å². The maximum absolute atomic E-state index is 12.8. The van der Waals surface area contributed by atoms with E-state index in [1.54, 1.807) is 22.9 Å². The Hall–Kier alpha value is -4.25. The molecule has 0 spiro atoms. The molecule has 10 nitrogen and oxygen atoms in total. The predicted molar refractivity (Wildman–Crippen MR) is 135 cm³/mol.